The molecule has 2 amide bonds. The number of ether oxygens (including phenoxy) is 9. The highest BCUT2D eigenvalue weighted by Gasteiger charge is 2.40. The molecule has 4 saturated heterocycles. The van der Waals surface area contributed by atoms with Crippen LogP contribution in [0.3, 0.4) is 0 Å². The van der Waals surface area contributed by atoms with Gasteiger partial charge in [-0.15, -0.1) is 0 Å². The number of rotatable bonds is 12. The largest absolute Gasteiger partial charge is 0.494 e. The Balaban J connectivity index is 0.000000164. The summed E-state index contributed by atoms with van der Waals surface area (Å²) in [6.45, 7) is 8.06. The van der Waals surface area contributed by atoms with Crippen LogP contribution in [0.5, 0.6) is 40.2 Å². The second kappa shape index (κ2) is 18.8. The lowest BCUT2D eigenvalue weighted by molar-refractivity contribution is -0.0327. The summed E-state index contributed by atoms with van der Waals surface area (Å²) in [6.07, 6.45) is 1.24. The van der Waals surface area contributed by atoms with E-state index in [-0.39, 0.29) is 38.0 Å². The van der Waals surface area contributed by atoms with Crippen molar-refractivity contribution in [1.82, 2.24) is 9.80 Å². The number of hydrogen-bond donors (Lipinski definition) is 2. The van der Waals surface area contributed by atoms with Gasteiger partial charge in [0.2, 0.25) is 13.6 Å². The highest BCUT2D eigenvalue weighted by molar-refractivity contribution is 5.90. The minimum atomic E-state index is -0.907. The zero-order valence-electron chi connectivity index (χ0n) is 36.9. The maximum absolute atomic E-state index is 12.5. The molecule has 6 heterocycles. The predicted octanol–water partition coefficient (Wildman–Crippen LogP) is 5.86. The Hall–Kier alpha value is -6.14. The number of fused-ring (bicyclic) bond motifs is 2. The lowest BCUT2D eigenvalue weighted by atomic mass is 9.84. The first-order valence-corrected chi connectivity index (χ1v) is 22.1. The quantitative estimate of drug-likeness (QED) is 0.173. The topological polar surface area (TPSA) is 171 Å². The highest BCUT2D eigenvalue weighted by atomic mass is 16.7. The molecular formula is C48H56N4O13. The van der Waals surface area contributed by atoms with E-state index in [0.717, 1.165) is 41.4 Å². The Bertz CT molecular complexity index is 2330. The van der Waals surface area contributed by atoms with Crippen LogP contribution in [0.25, 0.3) is 0 Å². The molecule has 346 valence electrons. The number of hydrogen-bond acceptors (Lipinski definition) is 15. The molecule has 4 aromatic carbocycles. The summed E-state index contributed by atoms with van der Waals surface area (Å²) < 4.78 is 49.0. The van der Waals surface area contributed by atoms with Gasteiger partial charge in [-0.3, -0.25) is 19.6 Å². The van der Waals surface area contributed by atoms with Crippen molar-refractivity contribution in [2.75, 3.05) is 96.6 Å². The Morgan fingerprint density at radius 1 is 0.585 bits per heavy atom. The summed E-state index contributed by atoms with van der Waals surface area (Å²) >= 11 is 0. The van der Waals surface area contributed by atoms with Crippen molar-refractivity contribution in [1.29, 1.82) is 0 Å². The average Bonchev–Trinajstić information content (AvgIpc) is 4.15. The number of nitrogens with zero attached hydrogens (tertiary/aromatic N) is 4. The molecule has 2 N–H and O–H groups in total. The van der Waals surface area contributed by atoms with Crippen LogP contribution in [0.2, 0.25) is 0 Å². The van der Waals surface area contributed by atoms with E-state index in [1.807, 2.05) is 73.7 Å². The van der Waals surface area contributed by atoms with Gasteiger partial charge in [0.1, 0.15) is 18.0 Å². The van der Waals surface area contributed by atoms with Gasteiger partial charge in [0.25, 0.3) is 0 Å². The molecule has 0 radical (unpaired) electrons. The lowest BCUT2D eigenvalue weighted by Crippen LogP contribution is -2.45. The third-order valence-electron chi connectivity index (χ3n) is 13.0. The molecule has 2 unspecified atom stereocenters. The van der Waals surface area contributed by atoms with Gasteiger partial charge in [-0.05, 0) is 104 Å². The summed E-state index contributed by atoms with van der Waals surface area (Å²) in [4.78, 5) is 32.7. The van der Waals surface area contributed by atoms with Crippen LogP contribution < -0.4 is 43.0 Å². The zero-order valence-corrected chi connectivity index (χ0v) is 36.9. The molecule has 0 bridgehead atoms. The van der Waals surface area contributed by atoms with Crippen LogP contribution in [0.15, 0.2) is 78.9 Å². The normalized spacial score (nSPS) is 21.9. The standard InChI is InChI=1S/C24H28N2O7.C24H28N2O6/c1-29-19-6-4-17(12-21(19)30-2)26-14-18(33-23(26)27)13-25-9-7-24(28,8-10-25)16-3-5-20-22(11-16)32-15-31-20;1-2-29-19-6-4-18(5-7-19)26-15-20(32-23(26)27)14-25-11-9-24(28,10-12-25)17-3-8-21-22(13-17)31-16-30-21/h3-6,11-12,18,28H,7-10,13-15H2,1-2H3;3-8,13,20,28H,2,9-12,14-16H2,1H3. The molecule has 0 aromatic heterocycles. The van der Waals surface area contributed by atoms with Gasteiger partial charge in [-0.25, -0.2) is 9.59 Å². The van der Waals surface area contributed by atoms with Crippen molar-refractivity contribution in [2.45, 2.75) is 56.0 Å². The highest BCUT2D eigenvalue weighted by Crippen LogP contribution is 2.42. The zero-order chi connectivity index (χ0) is 45.1. The fourth-order valence-electron chi connectivity index (χ4n) is 9.27. The molecule has 10 rings (SSSR count). The van der Waals surface area contributed by atoms with Crippen molar-refractivity contribution in [3.05, 3.63) is 90.0 Å². The Labute approximate surface area is 377 Å². The average molecular weight is 897 g/mol. The molecule has 65 heavy (non-hydrogen) atoms. The number of carbonyl (C=O) groups excluding carboxylic acids is 2. The van der Waals surface area contributed by atoms with Crippen LogP contribution in [0.1, 0.15) is 43.7 Å². The number of methoxy groups -OCH3 is 2. The van der Waals surface area contributed by atoms with Crippen LogP contribution in [0, 0.1) is 0 Å². The van der Waals surface area contributed by atoms with Crippen LogP contribution >= 0.6 is 0 Å². The van der Waals surface area contributed by atoms with E-state index in [9.17, 15) is 19.8 Å². The number of carbonyl (C=O) groups is 2. The number of piperidine rings is 2. The summed E-state index contributed by atoms with van der Waals surface area (Å²) in [7, 11) is 3.14. The van der Waals surface area contributed by atoms with Crippen molar-refractivity contribution >= 4 is 23.6 Å². The molecule has 0 aliphatic carbocycles. The number of amides is 2. The van der Waals surface area contributed by atoms with E-state index in [1.165, 1.54) is 0 Å². The summed E-state index contributed by atoms with van der Waals surface area (Å²) in [6, 6.07) is 24.1. The van der Waals surface area contributed by atoms with Gasteiger partial charge in [0, 0.05) is 51.0 Å². The maximum atomic E-state index is 12.5. The minimum absolute atomic E-state index is 0.203. The fourth-order valence-corrected chi connectivity index (χ4v) is 9.27. The second-order valence-electron chi connectivity index (χ2n) is 17.0. The van der Waals surface area contributed by atoms with Gasteiger partial charge in [0.05, 0.1) is 50.8 Å². The Kier molecular flexibility index (Phi) is 12.7. The predicted molar refractivity (Wildman–Crippen MR) is 237 cm³/mol. The van der Waals surface area contributed by atoms with E-state index in [0.29, 0.717) is 106 Å². The first-order chi connectivity index (χ1) is 31.5. The fraction of sp³-hybridized carbons (Fsp3) is 0.458. The van der Waals surface area contributed by atoms with Crippen LogP contribution in [-0.2, 0) is 20.7 Å². The summed E-state index contributed by atoms with van der Waals surface area (Å²) in [5, 5.41) is 22.5. The Morgan fingerprint density at radius 2 is 1.05 bits per heavy atom. The first-order valence-electron chi connectivity index (χ1n) is 22.1. The number of anilines is 2. The van der Waals surface area contributed by atoms with E-state index in [2.05, 4.69) is 9.80 Å². The maximum Gasteiger partial charge on any atom is 0.414 e. The molecule has 6 aliphatic rings. The molecule has 2 atom stereocenters. The molecule has 6 aliphatic heterocycles. The molecule has 17 heteroatoms. The van der Waals surface area contributed by atoms with Gasteiger partial charge in [-0.2, -0.15) is 0 Å². The summed E-state index contributed by atoms with van der Waals surface area (Å²) in [5.74, 6) is 4.74. The molecule has 0 saturated carbocycles. The molecule has 4 aromatic rings. The van der Waals surface area contributed by atoms with Gasteiger partial charge >= 0.3 is 12.2 Å². The number of aliphatic hydroxyl groups is 2. The first kappa shape index (κ1) is 44.1. The minimum Gasteiger partial charge on any atom is -0.494 e. The number of benzene rings is 4. The third-order valence-corrected chi connectivity index (χ3v) is 13.0. The third kappa shape index (κ3) is 9.50. The van der Waals surface area contributed by atoms with Crippen LogP contribution in [-0.4, -0.2) is 131 Å². The van der Waals surface area contributed by atoms with E-state index in [4.69, 9.17) is 42.6 Å². The Morgan fingerprint density at radius 3 is 1.52 bits per heavy atom. The molecule has 17 nitrogen and oxygen atoms in total. The van der Waals surface area contributed by atoms with Crippen LogP contribution in [0.4, 0.5) is 21.0 Å². The SMILES string of the molecule is CCOc1ccc(N2CC(CN3CCC(O)(c4ccc5c(c4)OCO5)CC3)OC2=O)cc1.COc1ccc(N2CC(CN3CCC(O)(c4ccc5c(c4)OCO5)CC3)OC2=O)cc1OC. The van der Waals surface area contributed by atoms with E-state index >= 15 is 0 Å². The van der Waals surface area contributed by atoms with Crippen molar-refractivity contribution in [3.8, 4) is 40.2 Å². The van der Waals surface area contributed by atoms with Crippen molar-refractivity contribution in [2.24, 2.45) is 0 Å². The molecular weight excluding hydrogens is 841 g/mol. The van der Waals surface area contributed by atoms with Crippen molar-refractivity contribution in [3.63, 3.8) is 0 Å². The number of cyclic esters (lactones) is 2. The van der Waals surface area contributed by atoms with Gasteiger partial charge < -0.3 is 52.8 Å². The van der Waals surface area contributed by atoms with E-state index < -0.39 is 11.2 Å². The second-order valence-corrected chi connectivity index (χ2v) is 17.0. The van der Waals surface area contributed by atoms with E-state index in [1.54, 1.807) is 36.2 Å². The van der Waals surface area contributed by atoms with Gasteiger partial charge in [0.15, 0.2) is 34.5 Å². The summed E-state index contributed by atoms with van der Waals surface area (Å²) in [5.41, 5.74) is 1.41. The molecule has 0 spiro atoms. The molecule has 4 fully saturated rings. The lowest BCUT2D eigenvalue weighted by Gasteiger charge is -2.39. The van der Waals surface area contributed by atoms with Gasteiger partial charge in [-0.1, -0.05) is 12.1 Å². The number of likely N-dealkylation sites (tertiary alicyclic amines) is 2. The smallest absolute Gasteiger partial charge is 0.414 e. The monoisotopic (exact) mass is 896 g/mol. The van der Waals surface area contributed by atoms with Crippen molar-refractivity contribution < 1.29 is 62.4 Å².